The molecule has 0 atom stereocenters. The average Bonchev–Trinajstić information content (AvgIpc) is 3.29. The number of hydrogen-bond acceptors (Lipinski definition) is 7. The summed E-state index contributed by atoms with van der Waals surface area (Å²) in [6.45, 7) is 6.90. The Balaban J connectivity index is 1.62. The summed E-state index contributed by atoms with van der Waals surface area (Å²) in [5.74, 6) is -0.187. The molecule has 2 aromatic carbocycles. The van der Waals surface area contributed by atoms with Gasteiger partial charge in [0.15, 0.2) is 5.13 Å². The molecule has 1 aromatic heterocycles. The van der Waals surface area contributed by atoms with Crippen LogP contribution in [0.5, 0.6) is 0 Å². The van der Waals surface area contributed by atoms with Crippen LogP contribution in [0.1, 0.15) is 27.9 Å². The Morgan fingerprint density at radius 1 is 1.06 bits per heavy atom. The first-order valence-electron chi connectivity index (χ1n) is 11.7. The predicted octanol–water partition coefficient (Wildman–Crippen LogP) is 3.53. The summed E-state index contributed by atoms with van der Waals surface area (Å²) in [6, 6.07) is 10.3. The number of sulfonamides is 1. The van der Waals surface area contributed by atoms with Gasteiger partial charge in [-0.05, 0) is 82.4 Å². The molecule has 0 aliphatic carbocycles. The molecule has 0 saturated carbocycles. The first-order valence-corrected chi connectivity index (χ1v) is 14.0. The van der Waals surface area contributed by atoms with Crippen LogP contribution in [0.3, 0.4) is 0 Å². The van der Waals surface area contributed by atoms with Gasteiger partial charge in [0.1, 0.15) is 0 Å². The van der Waals surface area contributed by atoms with Crippen LogP contribution in [0, 0.1) is 13.8 Å². The highest BCUT2D eigenvalue weighted by molar-refractivity contribution is 7.89. The van der Waals surface area contributed by atoms with Crippen LogP contribution in [0.4, 0.5) is 5.13 Å². The van der Waals surface area contributed by atoms with Gasteiger partial charge in [0.2, 0.25) is 10.0 Å². The first-order chi connectivity index (χ1) is 16.7. The van der Waals surface area contributed by atoms with Gasteiger partial charge in [-0.2, -0.15) is 4.31 Å². The summed E-state index contributed by atoms with van der Waals surface area (Å²) >= 11 is 1.50. The number of amides is 1. The monoisotopic (exact) mass is 516 g/mol. The minimum absolute atomic E-state index is 0.182. The van der Waals surface area contributed by atoms with Crippen LogP contribution in [0.25, 0.3) is 10.2 Å². The van der Waals surface area contributed by atoms with Gasteiger partial charge < -0.3 is 9.64 Å². The summed E-state index contributed by atoms with van der Waals surface area (Å²) in [5, 5.41) is 0.655. The zero-order chi connectivity index (χ0) is 25.2. The Morgan fingerprint density at radius 2 is 1.74 bits per heavy atom. The lowest BCUT2D eigenvalue weighted by Gasteiger charge is -2.26. The molecule has 0 radical (unpaired) electrons. The second-order valence-electron chi connectivity index (χ2n) is 9.01. The second-order valence-corrected chi connectivity index (χ2v) is 12.0. The molecule has 0 unspecified atom stereocenters. The number of thiazole rings is 1. The molecule has 1 aliphatic heterocycles. The topological polar surface area (TPSA) is 83.1 Å². The maximum Gasteiger partial charge on any atom is 0.260 e. The lowest BCUT2D eigenvalue weighted by molar-refractivity contribution is 0.0730. The molecule has 1 saturated heterocycles. The lowest BCUT2D eigenvalue weighted by Crippen LogP contribution is -2.40. The predicted molar refractivity (Wildman–Crippen MR) is 140 cm³/mol. The molecule has 1 amide bonds. The number of aryl methyl sites for hydroxylation is 2. The molecule has 4 rings (SSSR count). The maximum atomic E-state index is 13.6. The van der Waals surface area contributed by atoms with Crippen LogP contribution < -0.4 is 4.90 Å². The van der Waals surface area contributed by atoms with E-state index in [1.807, 2.05) is 27.1 Å². The zero-order valence-electron chi connectivity index (χ0n) is 20.7. The SMILES string of the molecule is Cc1ccc2sc(N(CCCN(C)C)C(=O)c3ccc(S(=O)(=O)N4CCOCC4)cc3)nc2c1C. The summed E-state index contributed by atoms with van der Waals surface area (Å²) in [6.07, 6.45) is 0.788. The normalized spacial score (nSPS) is 15.1. The molecule has 0 spiro atoms. The van der Waals surface area contributed by atoms with E-state index in [2.05, 4.69) is 17.9 Å². The summed E-state index contributed by atoms with van der Waals surface area (Å²) in [5.41, 5.74) is 3.63. The van der Waals surface area contributed by atoms with Crippen molar-refractivity contribution in [2.24, 2.45) is 0 Å². The number of ether oxygens (including phenoxy) is 1. The molecule has 1 fully saturated rings. The van der Waals surface area contributed by atoms with E-state index in [0.717, 1.165) is 34.3 Å². The van der Waals surface area contributed by atoms with Crippen molar-refractivity contribution in [3.63, 3.8) is 0 Å². The van der Waals surface area contributed by atoms with Gasteiger partial charge in [0, 0.05) is 25.2 Å². The zero-order valence-corrected chi connectivity index (χ0v) is 22.3. The lowest BCUT2D eigenvalue weighted by atomic mass is 10.1. The van der Waals surface area contributed by atoms with E-state index in [0.29, 0.717) is 43.5 Å². The number of fused-ring (bicyclic) bond motifs is 1. The fourth-order valence-corrected chi connectivity index (χ4v) is 6.48. The standard InChI is InChI=1S/C25H32N4O4S2/c1-18-6-11-22-23(19(18)2)26-25(34-22)29(13-5-12-27(3)4)24(30)20-7-9-21(10-8-20)35(31,32)28-14-16-33-17-15-28/h6-11H,5,12-17H2,1-4H3. The molecule has 3 aromatic rings. The van der Waals surface area contributed by atoms with Crippen molar-refractivity contribution in [2.45, 2.75) is 25.2 Å². The highest BCUT2D eigenvalue weighted by atomic mass is 32.2. The van der Waals surface area contributed by atoms with Gasteiger partial charge in [-0.3, -0.25) is 9.69 Å². The van der Waals surface area contributed by atoms with Gasteiger partial charge in [-0.1, -0.05) is 17.4 Å². The van der Waals surface area contributed by atoms with E-state index in [4.69, 9.17) is 9.72 Å². The fraction of sp³-hybridized carbons (Fsp3) is 0.440. The van der Waals surface area contributed by atoms with Crippen molar-refractivity contribution in [2.75, 3.05) is 58.4 Å². The molecular formula is C25H32N4O4S2. The van der Waals surface area contributed by atoms with Crippen LogP contribution in [0.2, 0.25) is 0 Å². The number of hydrogen-bond donors (Lipinski definition) is 0. The largest absolute Gasteiger partial charge is 0.379 e. The molecule has 8 nitrogen and oxygen atoms in total. The molecule has 188 valence electrons. The van der Waals surface area contributed by atoms with Crippen LogP contribution in [0.15, 0.2) is 41.3 Å². The highest BCUT2D eigenvalue weighted by Gasteiger charge is 2.27. The van der Waals surface area contributed by atoms with Crippen molar-refractivity contribution in [3.05, 3.63) is 53.1 Å². The highest BCUT2D eigenvalue weighted by Crippen LogP contribution is 2.33. The second kappa shape index (κ2) is 10.7. The summed E-state index contributed by atoms with van der Waals surface area (Å²) < 4.78 is 33.6. The van der Waals surface area contributed by atoms with Crippen molar-refractivity contribution in [3.8, 4) is 0 Å². The van der Waals surface area contributed by atoms with Gasteiger partial charge >= 0.3 is 0 Å². The summed E-state index contributed by atoms with van der Waals surface area (Å²) in [7, 11) is 0.393. The van der Waals surface area contributed by atoms with Crippen molar-refractivity contribution < 1.29 is 17.9 Å². The van der Waals surface area contributed by atoms with Gasteiger partial charge in [0.25, 0.3) is 5.91 Å². The number of carbonyl (C=O) groups is 1. The minimum Gasteiger partial charge on any atom is -0.379 e. The van der Waals surface area contributed by atoms with E-state index in [1.165, 1.54) is 27.8 Å². The Kier molecular flexibility index (Phi) is 7.87. The molecular weight excluding hydrogens is 484 g/mol. The van der Waals surface area contributed by atoms with E-state index < -0.39 is 10.0 Å². The summed E-state index contributed by atoms with van der Waals surface area (Å²) in [4.78, 5) is 22.4. The fourth-order valence-electron chi connectivity index (χ4n) is 4.02. The molecule has 0 N–H and O–H groups in total. The maximum absolute atomic E-state index is 13.6. The molecule has 10 heteroatoms. The Hall–Kier alpha value is -2.37. The number of benzene rings is 2. The van der Waals surface area contributed by atoms with E-state index in [-0.39, 0.29) is 10.8 Å². The molecule has 0 bridgehead atoms. The number of morpholine rings is 1. The number of carbonyl (C=O) groups excluding carboxylic acids is 1. The van der Waals surface area contributed by atoms with Crippen LogP contribution in [-0.4, -0.2) is 82.0 Å². The van der Waals surface area contributed by atoms with E-state index in [1.54, 1.807) is 17.0 Å². The molecule has 1 aliphatic rings. The number of anilines is 1. The minimum atomic E-state index is -3.61. The Bertz CT molecular complexity index is 1300. The van der Waals surface area contributed by atoms with E-state index in [9.17, 15) is 13.2 Å². The Labute approximate surface area is 211 Å². The first kappa shape index (κ1) is 25.7. The smallest absolute Gasteiger partial charge is 0.260 e. The van der Waals surface area contributed by atoms with Gasteiger partial charge in [-0.25, -0.2) is 13.4 Å². The quantitative estimate of drug-likeness (QED) is 0.456. The Morgan fingerprint density at radius 3 is 2.40 bits per heavy atom. The van der Waals surface area contributed by atoms with Crippen LogP contribution in [-0.2, 0) is 14.8 Å². The van der Waals surface area contributed by atoms with Crippen molar-refractivity contribution in [1.82, 2.24) is 14.2 Å². The molecule has 35 heavy (non-hydrogen) atoms. The van der Waals surface area contributed by atoms with E-state index >= 15 is 0 Å². The van der Waals surface area contributed by atoms with Gasteiger partial charge in [-0.15, -0.1) is 0 Å². The number of aromatic nitrogens is 1. The number of nitrogens with zero attached hydrogens (tertiary/aromatic N) is 4. The molecule has 2 heterocycles. The third-order valence-corrected chi connectivity index (χ3v) is 9.20. The van der Waals surface area contributed by atoms with Gasteiger partial charge in [0.05, 0.1) is 28.3 Å². The van der Waals surface area contributed by atoms with Crippen LogP contribution >= 0.6 is 11.3 Å². The number of rotatable bonds is 8. The third-order valence-electron chi connectivity index (χ3n) is 6.25. The third kappa shape index (κ3) is 5.57. The average molecular weight is 517 g/mol. The van der Waals surface area contributed by atoms with Crippen molar-refractivity contribution >= 4 is 42.6 Å². The van der Waals surface area contributed by atoms with Crippen molar-refractivity contribution in [1.29, 1.82) is 0 Å².